The van der Waals surface area contributed by atoms with Gasteiger partial charge in [-0.1, -0.05) is 6.58 Å². The molecule has 2 rings (SSSR count). The first kappa shape index (κ1) is 21.7. The second-order valence-corrected chi connectivity index (χ2v) is 5.67. The number of aromatic hydroxyl groups is 1. The van der Waals surface area contributed by atoms with E-state index in [4.69, 9.17) is 28.4 Å². The van der Waals surface area contributed by atoms with Crippen molar-refractivity contribution < 1.29 is 38.3 Å². The number of carbonyl (C=O) groups is 1. The second-order valence-electron chi connectivity index (χ2n) is 5.67. The topological polar surface area (TPSA) is 92.7 Å². The van der Waals surface area contributed by atoms with Gasteiger partial charge >= 0.3 is 6.16 Å². The molecule has 0 fully saturated rings. The van der Waals surface area contributed by atoms with Crippen LogP contribution in [-0.2, 0) is 4.74 Å². The van der Waals surface area contributed by atoms with E-state index >= 15 is 0 Å². The molecule has 2 aromatic rings. The number of hydrogen-bond acceptors (Lipinski definition) is 8. The molecule has 0 atom stereocenters. The highest BCUT2D eigenvalue weighted by molar-refractivity contribution is 5.85. The van der Waals surface area contributed by atoms with Gasteiger partial charge in [-0.2, -0.15) is 0 Å². The minimum atomic E-state index is -0.877. The zero-order valence-electron chi connectivity index (χ0n) is 17.0. The van der Waals surface area contributed by atoms with Gasteiger partial charge < -0.3 is 33.5 Å². The summed E-state index contributed by atoms with van der Waals surface area (Å²) in [5.41, 5.74) is 1.64. The summed E-state index contributed by atoms with van der Waals surface area (Å²) in [4.78, 5) is 11.7. The van der Waals surface area contributed by atoms with Gasteiger partial charge in [-0.05, 0) is 42.3 Å². The van der Waals surface area contributed by atoms with Crippen molar-refractivity contribution in [2.24, 2.45) is 0 Å². The number of methoxy groups -OCH3 is 4. The predicted molar refractivity (Wildman–Crippen MR) is 107 cm³/mol. The van der Waals surface area contributed by atoms with Crippen molar-refractivity contribution in [2.45, 2.75) is 6.92 Å². The van der Waals surface area contributed by atoms with Crippen molar-refractivity contribution in [1.29, 1.82) is 0 Å². The minimum absolute atomic E-state index is 0.0783. The lowest BCUT2D eigenvalue weighted by molar-refractivity contribution is 0.102. The van der Waals surface area contributed by atoms with Gasteiger partial charge in [-0.3, -0.25) is 0 Å². The Morgan fingerprint density at radius 2 is 1.52 bits per heavy atom. The van der Waals surface area contributed by atoms with Crippen LogP contribution in [0.3, 0.4) is 0 Å². The first-order valence-electron chi connectivity index (χ1n) is 8.65. The van der Waals surface area contributed by atoms with Crippen molar-refractivity contribution in [3.8, 4) is 34.5 Å². The molecule has 0 radical (unpaired) electrons. The van der Waals surface area contributed by atoms with Crippen LogP contribution in [0.4, 0.5) is 4.79 Å². The van der Waals surface area contributed by atoms with Crippen LogP contribution in [-0.4, -0.2) is 46.3 Å². The van der Waals surface area contributed by atoms with Crippen LogP contribution in [0.15, 0.2) is 30.8 Å². The van der Waals surface area contributed by atoms with Crippen molar-refractivity contribution in [3.05, 3.63) is 42.0 Å². The molecule has 2 aromatic carbocycles. The third-order valence-electron chi connectivity index (χ3n) is 4.10. The van der Waals surface area contributed by atoms with E-state index in [1.165, 1.54) is 28.4 Å². The molecule has 0 unspecified atom stereocenters. The fourth-order valence-corrected chi connectivity index (χ4v) is 2.70. The SMILES string of the molecule is C=C(c1cc(OC)c(OC(=O)OCC)c(OC)c1)c1ccc(OC)c(O)c1OC. The zero-order valence-corrected chi connectivity index (χ0v) is 17.0. The summed E-state index contributed by atoms with van der Waals surface area (Å²) in [6, 6.07) is 6.56. The lowest BCUT2D eigenvalue weighted by atomic mass is 9.97. The molecular formula is C21H24O8. The van der Waals surface area contributed by atoms with Crippen LogP contribution in [0.5, 0.6) is 34.5 Å². The van der Waals surface area contributed by atoms with Crippen molar-refractivity contribution in [2.75, 3.05) is 35.0 Å². The van der Waals surface area contributed by atoms with E-state index in [-0.39, 0.29) is 41.1 Å². The highest BCUT2D eigenvalue weighted by Gasteiger charge is 2.22. The molecule has 0 bridgehead atoms. The Bertz CT molecular complexity index is 879. The smallest absolute Gasteiger partial charge is 0.502 e. The number of ether oxygens (including phenoxy) is 6. The summed E-state index contributed by atoms with van der Waals surface area (Å²) >= 11 is 0. The monoisotopic (exact) mass is 404 g/mol. The molecule has 0 aliphatic carbocycles. The molecular weight excluding hydrogens is 380 g/mol. The number of rotatable bonds is 8. The Balaban J connectivity index is 2.54. The molecule has 0 aliphatic heterocycles. The van der Waals surface area contributed by atoms with E-state index < -0.39 is 6.16 Å². The van der Waals surface area contributed by atoms with Crippen molar-refractivity contribution >= 4 is 11.7 Å². The van der Waals surface area contributed by atoms with E-state index in [1.54, 1.807) is 31.2 Å². The normalized spacial score (nSPS) is 10.1. The Kier molecular flexibility index (Phi) is 7.19. The van der Waals surface area contributed by atoms with E-state index in [9.17, 15) is 9.90 Å². The van der Waals surface area contributed by atoms with Crippen LogP contribution >= 0.6 is 0 Å². The molecule has 0 heterocycles. The predicted octanol–water partition coefficient (Wildman–Crippen LogP) is 4.02. The van der Waals surface area contributed by atoms with E-state index in [1.807, 2.05) is 0 Å². The molecule has 0 saturated heterocycles. The van der Waals surface area contributed by atoms with Gasteiger partial charge in [0.05, 0.1) is 35.0 Å². The van der Waals surface area contributed by atoms with E-state index in [2.05, 4.69) is 6.58 Å². The molecule has 0 spiro atoms. The second kappa shape index (κ2) is 9.59. The van der Waals surface area contributed by atoms with Crippen LogP contribution in [0.25, 0.3) is 5.57 Å². The van der Waals surface area contributed by atoms with Crippen LogP contribution in [0.2, 0.25) is 0 Å². The lowest BCUT2D eigenvalue weighted by Gasteiger charge is -2.18. The first-order chi connectivity index (χ1) is 13.9. The molecule has 156 valence electrons. The quantitative estimate of drug-likeness (QED) is 0.521. The summed E-state index contributed by atoms with van der Waals surface area (Å²) in [5, 5.41) is 10.3. The standard InChI is InChI=1S/C21H24O8/c1-7-28-21(23)29-20-16(25-4)10-13(11-17(20)26-5)12(2)14-8-9-15(24-3)18(22)19(14)27-6/h8-11,22H,2,7H2,1,3-6H3. The maximum Gasteiger partial charge on any atom is 0.514 e. The van der Waals surface area contributed by atoms with E-state index in [0.717, 1.165) is 0 Å². The molecule has 8 nitrogen and oxygen atoms in total. The molecule has 29 heavy (non-hydrogen) atoms. The zero-order chi connectivity index (χ0) is 21.6. The Morgan fingerprint density at radius 1 is 0.931 bits per heavy atom. The van der Waals surface area contributed by atoms with Gasteiger partial charge in [0.2, 0.25) is 11.5 Å². The number of carbonyl (C=O) groups excluding carboxylic acids is 1. The summed E-state index contributed by atoms with van der Waals surface area (Å²) < 4.78 is 31.2. The maximum atomic E-state index is 11.7. The molecule has 0 saturated carbocycles. The average Bonchev–Trinajstić information content (AvgIpc) is 2.73. The third kappa shape index (κ3) is 4.48. The van der Waals surface area contributed by atoms with Gasteiger partial charge in [0.1, 0.15) is 0 Å². The number of phenols is 1. The lowest BCUT2D eigenvalue weighted by Crippen LogP contribution is -2.11. The summed E-state index contributed by atoms with van der Waals surface area (Å²) in [6.45, 7) is 5.93. The summed E-state index contributed by atoms with van der Waals surface area (Å²) in [5.74, 6) is 0.894. The van der Waals surface area contributed by atoms with Crippen molar-refractivity contribution in [3.63, 3.8) is 0 Å². The average molecular weight is 404 g/mol. The largest absolute Gasteiger partial charge is 0.514 e. The number of benzene rings is 2. The minimum Gasteiger partial charge on any atom is -0.502 e. The summed E-state index contributed by atoms with van der Waals surface area (Å²) in [6.07, 6.45) is -0.877. The van der Waals surface area contributed by atoms with Gasteiger partial charge in [-0.15, -0.1) is 0 Å². The molecule has 0 aliphatic rings. The Labute approximate surface area is 169 Å². The fourth-order valence-electron chi connectivity index (χ4n) is 2.70. The first-order valence-corrected chi connectivity index (χ1v) is 8.65. The van der Waals surface area contributed by atoms with E-state index in [0.29, 0.717) is 16.7 Å². The summed E-state index contributed by atoms with van der Waals surface area (Å²) in [7, 11) is 5.74. The number of phenolic OH excluding ortho intramolecular Hbond substituents is 1. The third-order valence-corrected chi connectivity index (χ3v) is 4.10. The molecule has 8 heteroatoms. The molecule has 0 amide bonds. The maximum absolute atomic E-state index is 11.7. The Morgan fingerprint density at radius 3 is 2.00 bits per heavy atom. The van der Waals surface area contributed by atoms with Gasteiger partial charge in [0, 0.05) is 5.56 Å². The van der Waals surface area contributed by atoms with Gasteiger partial charge in [0.15, 0.2) is 23.0 Å². The van der Waals surface area contributed by atoms with Gasteiger partial charge in [0.25, 0.3) is 0 Å². The molecule has 0 aromatic heterocycles. The Hall–Kier alpha value is -3.55. The molecule has 1 N–H and O–H groups in total. The highest BCUT2D eigenvalue weighted by Crippen LogP contribution is 2.45. The van der Waals surface area contributed by atoms with Crippen molar-refractivity contribution in [1.82, 2.24) is 0 Å². The number of hydrogen-bond donors (Lipinski definition) is 1. The fraction of sp³-hybridized carbons (Fsp3) is 0.286. The highest BCUT2D eigenvalue weighted by atomic mass is 16.7. The van der Waals surface area contributed by atoms with Crippen LogP contribution < -0.4 is 23.7 Å². The van der Waals surface area contributed by atoms with Crippen LogP contribution in [0, 0.1) is 0 Å². The van der Waals surface area contributed by atoms with Crippen LogP contribution in [0.1, 0.15) is 18.1 Å². The van der Waals surface area contributed by atoms with Gasteiger partial charge in [-0.25, -0.2) is 4.79 Å².